The number of fused-ring (bicyclic) bond motifs is 2. The molecule has 3 unspecified atom stereocenters. The molecular weight excluding hydrogens is 361 g/mol. The Morgan fingerprint density at radius 2 is 1.88 bits per heavy atom. The SMILES string of the molecule is O=C(NC1CC2CCC(C1)N2)C1CCN(c2cc(Cl)ccc2Cl)C1=O. The zero-order valence-electron chi connectivity index (χ0n) is 13.8. The predicted octanol–water partition coefficient (Wildman–Crippen LogP) is 2.75. The Morgan fingerprint density at radius 3 is 2.60 bits per heavy atom. The second-order valence-electron chi connectivity index (χ2n) is 7.24. The van der Waals surface area contributed by atoms with Crippen LogP contribution < -0.4 is 15.5 Å². The van der Waals surface area contributed by atoms with Crippen molar-refractivity contribution in [1.29, 1.82) is 0 Å². The number of halogens is 2. The van der Waals surface area contributed by atoms with Gasteiger partial charge in [-0.1, -0.05) is 23.2 Å². The summed E-state index contributed by atoms with van der Waals surface area (Å²) in [4.78, 5) is 27.0. The third-order valence-corrected chi connectivity index (χ3v) is 6.10. The average molecular weight is 382 g/mol. The first-order valence-corrected chi connectivity index (χ1v) is 9.59. The van der Waals surface area contributed by atoms with Gasteiger partial charge in [-0.25, -0.2) is 0 Å². The van der Waals surface area contributed by atoms with Crippen LogP contribution in [0.5, 0.6) is 0 Å². The molecule has 3 atom stereocenters. The van der Waals surface area contributed by atoms with E-state index in [1.54, 1.807) is 23.1 Å². The lowest BCUT2D eigenvalue weighted by Gasteiger charge is -2.30. The lowest BCUT2D eigenvalue weighted by atomic mass is 9.98. The van der Waals surface area contributed by atoms with Crippen LogP contribution in [0.4, 0.5) is 5.69 Å². The average Bonchev–Trinajstić information content (AvgIpc) is 3.12. The maximum absolute atomic E-state index is 12.7. The number of piperidine rings is 1. The van der Waals surface area contributed by atoms with Gasteiger partial charge in [-0.3, -0.25) is 9.59 Å². The van der Waals surface area contributed by atoms with Crippen LogP contribution >= 0.6 is 23.2 Å². The summed E-state index contributed by atoms with van der Waals surface area (Å²) in [5.74, 6) is -0.988. The van der Waals surface area contributed by atoms with Gasteiger partial charge in [-0.15, -0.1) is 0 Å². The second-order valence-corrected chi connectivity index (χ2v) is 8.09. The summed E-state index contributed by atoms with van der Waals surface area (Å²) in [7, 11) is 0. The lowest BCUT2D eigenvalue weighted by Crippen LogP contribution is -2.50. The number of carbonyl (C=O) groups excluding carboxylic acids is 2. The van der Waals surface area contributed by atoms with E-state index in [2.05, 4.69) is 10.6 Å². The Morgan fingerprint density at radius 1 is 1.16 bits per heavy atom. The first-order valence-electron chi connectivity index (χ1n) is 8.84. The molecule has 25 heavy (non-hydrogen) atoms. The van der Waals surface area contributed by atoms with Gasteiger partial charge in [0.1, 0.15) is 5.92 Å². The predicted molar refractivity (Wildman–Crippen MR) is 98.0 cm³/mol. The highest BCUT2D eigenvalue weighted by Gasteiger charge is 2.40. The molecule has 3 saturated heterocycles. The molecular formula is C18H21Cl2N3O2. The molecule has 3 fully saturated rings. The number of benzene rings is 1. The number of hydrogen-bond donors (Lipinski definition) is 2. The van der Waals surface area contributed by atoms with Gasteiger partial charge in [0.25, 0.3) is 0 Å². The van der Waals surface area contributed by atoms with Crippen molar-refractivity contribution in [3.63, 3.8) is 0 Å². The van der Waals surface area contributed by atoms with E-state index < -0.39 is 5.92 Å². The van der Waals surface area contributed by atoms with Crippen LogP contribution in [0.1, 0.15) is 32.1 Å². The van der Waals surface area contributed by atoms with Crippen molar-refractivity contribution in [3.05, 3.63) is 28.2 Å². The first-order chi connectivity index (χ1) is 12.0. The smallest absolute Gasteiger partial charge is 0.239 e. The van der Waals surface area contributed by atoms with Gasteiger partial charge in [-0.05, 0) is 50.3 Å². The van der Waals surface area contributed by atoms with Crippen molar-refractivity contribution in [2.24, 2.45) is 5.92 Å². The summed E-state index contributed by atoms with van der Waals surface area (Å²) in [6, 6.07) is 6.21. The van der Waals surface area contributed by atoms with Gasteiger partial charge in [0.15, 0.2) is 0 Å². The summed E-state index contributed by atoms with van der Waals surface area (Å²) < 4.78 is 0. The third-order valence-electron chi connectivity index (χ3n) is 5.54. The molecule has 0 saturated carbocycles. The van der Waals surface area contributed by atoms with Gasteiger partial charge in [-0.2, -0.15) is 0 Å². The standard InChI is InChI=1S/C18H21Cl2N3O2/c19-10-1-4-15(20)16(7-10)23-6-5-14(18(23)25)17(24)22-13-8-11-2-3-12(9-13)21-11/h1,4,7,11-14,21H,2-3,5-6,8-9H2,(H,22,24). The monoisotopic (exact) mass is 381 g/mol. The van der Waals surface area contributed by atoms with E-state index in [0.29, 0.717) is 40.8 Å². The highest BCUT2D eigenvalue weighted by atomic mass is 35.5. The van der Waals surface area contributed by atoms with Crippen LogP contribution in [-0.4, -0.2) is 36.5 Å². The second kappa shape index (κ2) is 6.78. The number of nitrogens with zero attached hydrogens (tertiary/aromatic N) is 1. The van der Waals surface area contributed by atoms with Crippen molar-refractivity contribution in [3.8, 4) is 0 Å². The van der Waals surface area contributed by atoms with Crippen LogP contribution in [0.3, 0.4) is 0 Å². The van der Waals surface area contributed by atoms with Crippen LogP contribution in [0, 0.1) is 5.92 Å². The minimum absolute atomic E-state index is 0.156. The lowest BCUT2D eigenvalue weighted by molar-refractivity contribution is -0.132. The topological polar surface area (TPSA) is 61.4 Å². The van der Waals surface area contributed by atoms with E-state index in [1.807, 2.05) is 0 Å². The van der Waals surface area contributed by atoms with Gasteiger partial charge in [0.05, 0.1) is 10.7 Å². The van der Waals surface area contributed by atoms with Gasteiger partial charge < -0.3 is 15.5 Å². The van der Waals surface area contributed by atoms with E-state index >= 15 is 0 Å². The summed E-state index contributed by atoms with van der Waals surface area (Å²) in [5, 5.41) is 7.65. The van der Waals surface area contributed by atoms with E-state index in [0.717, 1.165) is 12.8 Å². The maximum atomic E-state index is 12.7. The molecule has 0 aromatic heterocycles. The highest BCUT2D eigenvalue weighted by Crippen LogP contribution is 2.34. The Hall–Kier alpha value is -1.30. The Kier molecular flexibility index (Phi) is 4.65. The third kappa shape index (κ3) is 3.37. The Bertz CT molecular complexity index is 700. The Balaban J connectivity index is 1.42. The summed E-state index contributed by atoms with van der Waals surface area (Å²) in [6.07, 6.45) is 4.77. The molecule has 2 amide bonds. The fraction of sp³-hybridized carbons (Fsp3) is 0.556. The minimum Gasteiger partial charge on any atom is -0.353 e. The quantitative estimate of drug-likeness (QED) is 0.791. The number of nitrogens with one attached hydrogen (secondary N) is 2. The summed E-state index contributed by atoms with van der Waals surface area (Å²) in [5.41, 5.74) is 0.578. The molecule has 7 heteroatoms. The van der Waals surface area contributed by atoms with Crippen molar-refractivity contribution in [1.82, 2.24) is 10.6 Å². The molecule has 0 spiro atoms. The summed E-state index contributed by atoms with van der Waals surface area (Å²) in [6.45, 7) is 0.481. The van der Waals surface area contributed by atoms with Gasteiger partial charge in [0.2, 0.25) is 11.8 Å². The number of hydrogen-bond acceptors (Lipinski definition) is 3. The molecule has 2 N–H and O–H groups in total. The highest BCUT2D eigenvalue weighted by molar-refractivity contribution is 6.36. The fourth-order valence-corrected chi connectivity index (χ4v) is 4.72. The number of anilines is 1. The Labute approximate surface area is 157 Å². The van der Waals surface area contributed by atoms with Crippen molar-refractivity contribution in [2.45, 2.75) is 50.2 Å². The van der Waals surface area contributed by atoms with Crippen LogP contribution in [0.2, 0.25) is 10.0 Å². The van der Waals surface area contributed by atoms with Gasteiger partial charge >= 0.3 is 0 Å². The molecule has 5 nitrogen and oxygen atoms in total. The van der Waals surface area contributed by atoms with Crippen molar-refractivity contribution < 1.29 is 9.59 Å². The molecule has 0 aliphatic carbocycles. The molecule has 3 heterocycles. The molecule has 1 aromatic rings. The minimum atomic E-state index is -0.636. The van der Waals surface area contributed by atoms with E-state index in [9.17, 15) is 9.59 Å². The molecule has 0 radical (unpaired) electrons. The van der Waals surface area contributed by atoms with E-state index in [-0.39, 0.29) is 17.9 Å². The number of amides is 2. The van der Waals surface area contributed by atoms with Gasteiger partial charge in [0, 0.05) is 29.7 Å². The number of rotatable bonds is 3. The van der Waals surface area contributed by atoms with E-state index in [1.165, 1.54) is 12.8 Å². The zero-order chi connectivity index (χ0) is 17.6. The van der Waals surface area contributed by atoms with E-state index in [4.69, 9.17) is 23.2 Å². The van der Waals surface area contributed by atoms with Crippen molar-refractivity contribution >= 4 is 40.7 Å². The maximum Gasteiger partial charge on any atom is 0.239 e. The zero-order valence-corrected chi connectivity index (χ0v) is 15.3. The molecule has 134 valence electrons. The molecule has 2 bridgehead atoms. The first kappa shape index (κ1) is 17.1. The molecule has 3 aliphatic rings. The van der Waals surface area contributed by atoms with Crippen molar-refractivity contribution in [2.75, 3.05) is 11.4 Å². The largest absolute Gasteiger partial charge is 0.353 e. The van der Waals surface area contributed by atoms with Crippen LogP contribution in [-0.2, 0) is 9.59 Å². The normalized spacial score (nSPS) is 31.4. The summed E-state index contributed by atoms with van der Waals surface area (Å²) >= 11 is 12.2. The van der Waals surface area contributed by atoms with Crippen LogP contribution in [0.25, 0.3) is 0 Å². The molecule has 3 aliphatic heterocycles. The fourth-order valence-electron chi connectivity index (χ4n) is 4.33. The van der Waals surface area contributed by atoms with Crippen LogP contribution in [0.15, 0.2) is 18.2 Å². The molecule has 4 rings (SSSR count). The number of carbonyl (C=O) groups is 2. The molecule has 1 aromatic carbocycles.